The van der Waals surface area contributed by atoms with Gasteiger partial charge >= 0.3 is 5.97 Å². The highest BCUT2D eigenvalue weighted by Crippen LogP contribution is 2.32. The summed E-state index contributed by atoms with van der Waals surface area (Å²) in [6.45, 7) is 1.48. The molecule has 4 nitrogen and oxygen atoms in total. The maximum absolute atomic E-state index is 13.1. The van der Waals surface area contributed by atoms with Crippen LogP contribution in [0.1, 0.15) is 22.8 Å². The van der Waals surface area contributed by atoms with Crippen LogP contribution in [0.25, 0.3) is 21.9 Å². The number of aliphatic carboxylic acids is 1. The van der Waals surface area contributed by atoms with E-state index in [2.05, 4.69) is 0 Å². The van der Waals surface area contributed by atoms with E-state index in [0.717, 1.165) is 21.9 Å². The van der Waals surface area contributed by atoms with Gasteiger partial charge in [0.25, 0.3) is 0 Å². The van der Waals surface area contributed by atoms with E-state index in [4.69, 9.17) is 9.84 Å². The van der Waals surface area contributed by atoms with Crippen molar-refractivity contribution in [2.24, 2.45) is 0 Å². The lowest BCUT2D eigenvalue weighted by atomic mass is 9.96. The molecule has 4 rings (SSSR count). The van der Waals surface area contributed by atoms with Crippen LogP contribution in [0.4, 0.5) is 4.39 Å². The monoisotopic (exact) mass is 414 g/mol. The van der Waals surface area contributed by atoms with Crippen LogP contribution in [0.15, 0.2) is 84.9 Å². The normalized spacial score (nSPS) is 11.8. The van der Waals surface area contributed by atoms with Crippen molar-refractivity contribution in [2.45, 2.75) is 13.0 Å². The van der Waals surface area contributed by atoms with Crippen molar-refractivity contribution < 1.29 is 23.8 Å². The summed E-state index contributed by atoms with van der Waals surface area (Å²) in [5.74, 6) is -1.13. The third-order valence-corrected chi connectivity index (χ3v) is 5.08. The number of halogens is 1. The Kier molecular flexibility index (Phi) is 5.50. The number of carbonyl (C=O) groups is 2. The van der Waals surface area contributed by atoms with E-state index < -0.39 is 12.1 Å². The van der Waals surface area contributed by atoms with Crippen LogP contribution in [-0.4, -0.2) is 23.0 Å². The summed E-state index contributed by atoms with van der Waals surface area (Å²) in [6, 6.07) is 24.0. The van der Waals surface area contributed by atoms with E-state index in [1.807, 2.05) is 42.5 Å². The molecule has 0 aliphatic rings. The third-order valence-electron chi connectivity index (χ3n) is 5.08. The standard InChI is InChI=1S/C26H19FO4/c1-16(26(29)30)31-22-14-11-17-3-2-4-23(24(17)15-22)18-5-7-19(8-6-18)25(28)20-9-12-21(27)13-10-20/h2-16H,1H3,(H,29,30)/t16-/m0/s1. The zero-order chi connectivity index (χ0) is 22.0. The Balaban J connectivity index is 1.67. The van der Waals surface area contributed by atoms with Crippen LogP contribution in [0.2, 0.25) is 0 Å². The summed E-state index contributed by atoms with van der Waals surface area (Å²) in [6.07, 6.45) is -0.957. The van der Waals surface area contributed by atoms with Gasteiger partial charge in [-0.2, -0.15) is 0 Å². The molecule has 0 saturated carbocycles. The Hall–Kier alpha value is -3.99. The summed E-state index contributed by atoms with van der Waals surface area (Å²) in [4.78, 5) is 23.7. The number of ketones is 1. The highest BCUT2D eigenvalue weighted by atomic mass is 19.1. The number of carbonyl (C=O) groups excluding carboxylic acids is 1. The Morgan fingerprint density at radius 3 is 2.16 bits per heavy atom. The first-order valence-electron chi connectivity index (χ1n) is 9.75. The SMILES string of the molecule is C[C@H](Oc1ccc2cccc(-c3ccc(C(=O)c4ccc(F)cc4)cc3)c2c1)C(=O)O. The number of ether oxygens (including phenoxy) is 1. The van der Waals surface area contributed by atoms with E-state index in [1.165, 1.54) is 31.2 Å². The number of rotatable bonds is 6. The highest BCUT2D eigenvalue weighted by Gasteiger charge is 2.14. The second-order valence-corrected chi connectivity index (χ2v) is 7.20. The molecule has 1 atom stereocenters. The quantitative estimate of drug-likeness (QED) is 0.409. The van der Waals surface area contributed by atoms with E-state index in [9.17, 15) is 14.0 Å². The number of benzene rings is 4. The topological polar surface area (TPSA) is 63.6 Å². The van der Waals surface area contributed by atoms with Crippen molar-refractivity contribution in [1.29, 1.82) is 0 Å². The van der Waals surface area contributed by atoms with Gasteiger partial charge in [-0.15, -0.1) is 0 Å². The fraction of sp³-hybridized carbons (Fsp3) is 0.0769. The van der Waals surface area contributed by atoms with Gasteiger partial charge < -0.3 is 9.84 Å². The van der Waals surface area contributed by atoms with Crippen LogP contribution in [0.5, 0.6) is 5.75 Å². The summed E-state index contributed by atoms with van der Waals surface area (Å²) in [7, 11) is 0. The molecule has 5 heteroatoms. The lowest BCUT2D eigenvalue weighted by molar-refractivity contribution is -0.144. The van der Waals surface area contributed by atoms with E-state index >= 15 is 0 Å². The minimum absolute atomic E-state index is 0.178. The van der Waals surface area contributed by atoms with Crippen molar-refractivity contribution in [2.75, 3.05) is 0 Å². The van der Waals surface area contributed by atoms with E-state index in [-0.39, 0.29) is 11.6 Å². The molecule has 4 aromatic carbocycles. The molecule has 0 aliphatic heterocycles. The van der Waals surface area contributed by atoms with Crippen LogP contribution < -0.4 is 4.74 Å². The average molecular weight is 414 g/mol. The van der Waals surface area contributed by atoms with Gasteiger partial charge in [0.05, 0.1) is 0 Å². The lowest BCUT2D eigenvalue weighted by Crippen LogP contribution is -2.22. The number of hydrogen-bond donors (Lipinski definition) is 1. The van der Waals surface area contributed by atoms with Crippen molar-refractivity contribution in [3.05, 3.63) is 102 Å². The predicted octanol–water partition coefficient (Wildman–Crippen LogP) is 5.73. The van der Waals surface area contributed by atoms with Gasteiger partial charge in [-0.05, 0) is 65.2 Å². The summed E-state index contributed by atoms with van der Waals surface area (Å²) in [5.41, 5.74) is 2.78. The molecule has 154 valence electrons. The number of hydrogen-bond acceptors (Lipinski definition) is 3. The summed E-state index contributed by atoms with van der Waals surface area (Å²) in [5, 5.41) is 11.0. The van der Waals surface area contributed by atoms with Crippen LogP contribution in [0.3, 0.4) is 0 Å². The largest absolute Gasteiger partial charge is 0.479 e. The van der Waals surface area contributed by atoms with Gasteiger partial charge in [0.2, 0.25) is 0 Å². The molecule has 1 N–H and O–H groups in total. The van der Waals surface area contributed by atoms with E-state index in [0.29, 0.717) is 16.9 Å². The Labute approximate surface area is 178 Å². The summed E-state index contributed by atoms with van der Waals surface area (Å²) < 4.78 is 18.6. The zero-order valence-corrected chi connectivity index (χ0v) is 16.7. The van der Waals surface area contributed by atoms with Gasteiger partial charge in [0, 0.05) is 11.1 Å². The molecule has 0 spiro atoms. The minimum Gasteiger partial charge on any atom is -0.479 e. The molecular weight excluding hydrogens is 395 g/mol. The average Bonchev–Trinajstić information content (AvgIpc) is 2.79. The van der Waals surface area contributed by atoms with Crippen LogP contribution in [0, 0.1) is 5.82 Å². The second kappa shape index (κ2) is 8.40. The van der Waals surface area contributed by atoms with Crippen LogP contribution >= 0.6 is 0 Å². The van der Waals surface area contributed by atoms with Crippen molar-refractivity contribution in [1.82, 2.24) is 0 Å². The van der Waals surface area contributed by atoms with Crippen molar-refractivity contribution in [3.63, 3.8) is 0 Å². The fourth-order valence-electron chi connectivity index (χ4n) is 3.40. The third kappa shape index (κ3) is 4.31. The van der Waals surface area contributed by atoms with E-state index in [1.54, 1.807) is 18.2 Å². The minimum atomic E-state index is -1.03. The first-order chi connectivity index (χ1) is 14.9. The van der Waals surface area contributed by atoms with Gasteiger partial charge in [-0.1, -0.05) is 48.5 Å². The Morgan fingerprint density at radius 2 is 1.52 bits per heavy atom. The Morgan fingerprint density at radius 1 is 0.871 bits per heavy atom. The van der Waals surface area contributed by atoms with Gasteiger partial charge in [-0.3, -0.25) is 4.79 Å². The zero-order valence-electron chi connectivity index (χ0n) is 16.7. The van der Waals surface area contributed by atoms with Crippen molar-refractivity contribution >= 4 is 22.5 Å². The highest BCUT2D eigenvalue weighted by molar-refractivity contribution is 6.09. The first-order valence-corrected chi connectivity index (χ1v) is 9.75. The molecule has 0 radical (unpaired) electrons. The maximum Gasteiger partial charge on any atom is 0.344 e. The molecule has 0 saturated heterocycles. The van der Waals surface area contributed by atoms with Crippen molar-refractivity contribution in [3.8, 4) is 16.9 Å². The molecule has 4 aromatic rings. The first kappa shape index (κ1) is 20.3. The number of carboxylic acids is 1. The molecule has 0 aromatic heterocycles. The molecular formula is C26H19FO4. The molecule has 0 aliphatic carbocycles. The van der Waals surface area contributed by atoms with Gasteiger partial charge in [-0.25, -0.2) is 9.18 Å². The smallest absolute Gasteiger partial charge is 0.344 e. The molecule has 0 unspecified atom stereocenters. The molecule has 31 heavy (non-hydrogen) atoms. The predicted molar refractivity (Wildman–Crippen MR) is 117 cm³/mol. The number of carboxylic acid groups (broad SMARTS) is 1. The fourth-order valence-corrected chi connectivity index (χ4v) is 3.40. The van der Waals surface area contributed by atoms with Gasteiger partial charge in [0.15, 0.2) is 11.9 Å². The van der Waals surface area contributed by atoms with Crippen LogP contribution in [-0.2, 0) is 4.79 Å². The molecule has 0 bridgehead atoms. The summed E-state index contributed by atoms with van der Waals surface area (Å²) >= 11 is 0. The molecule has 0 amide bonds. The molecule has 0 fully saturated rings. The number of fused-ring (bicyclic) bond motifs is 1. The lowest BCUT2D eigenvalue weighted by Gasteiger charge is -2.13. The maximum atomic E-state index is 13.1. The molecule has 0 heterocycles. The Bertz CT molecular complexity index is 1260. The van der Waals surface area contributed by atoms with Gasteiger partial charge in [0.1, 0.15) is 11.6 Å². The second-order valence-electron chi connectivity index (χ2n) is 7.20.